The lowest BCUT2D eigenvalue weighted by atomic mass is 9.84. The molecular weight excluding hydrogens is 835 g/mol. The standard InChI is InChI=1S/C52H65N7O7/c1-11-44(60)57-28-32(5)40(29-57)49(62)56(9)46(31(3)4)48(61)54-42-25-34-16-13-17-35(24-34)36-20-21-43-38(26-36)39(47(58(43)12-2)37-18-14-22-53-45(37)33(6)65-10)27-52(7,8)30-66-51(64)41-19-15-23-59(55-41)50(42)63/h11,13-14,16-18,20-22,24,26,28,31,33,40-42,46,55H,1,12,15,19,23,25,27,29-30H2,2-10H3,(H,54,61)/t33-,40-,41-,42-,46?/m0/s1. The van der Waals surface area contributed by atoms with Crippen LogP contribution in [-0.4, -0.2) is 106 Å². The van der Waals surface area contributed by atoms with Crippen LogP contribution in [0.5, 0.6) is 0 Å². The summed E-state index contributed by atoms with van der Waals surface area (Å²) in [4.78, 5) is 77.4. The maximum absolute atomic E-state index is 14.7. The SMILES string of the molecule is C=CC(=O)N1C=C(C)[C@@H](C(=O)N(C)C(C(=O)N[C@H]2Cc3cccc(c3)-c3ccc4c(c3)c(c(-c3cccnc3[C@H](C)OC)n4CC)CC(C)(C)COC(=O)[C@@H]3CCCN(N3)C2=O)C(C)C)C1. The summed E-state index contributed by atoms with van der Waals surface area (Å²) < 4.78 is 14.3. The number of hydrogen-bond acceptors (Lipinski definition) is 9. The van der Waals surface area contributed by atoms with Crippen molar-refractivity contribution in [1.82, 2.24) is 35.1 Å². The summed E-state index contributed by atoms with van der Waals surface area (Å²) in [6, 6.07) is 15.8. The third-order valence-electron chi connectivity index (χ3n) is 13.3. The summed E-state index contributed by atoms with van der Waals surface area (Å²) in [6.07, 6.45) is 6.11. The fourth-order valence-electron chi connectivity index (χ4n) is 9.82. The third-order valence-corrected chi connectivity index (χ3v) is 13.3. The van der Waals surface area contributed by atoms with Crippen molar-refractivity contribution in [2.45, 2.75) is 105 Å². The summed E-state index contributed by atoms with van der Waals surface area (Å²) >= 11 is 0. The van der Waals surface area contributed by atoms with E-state index in [1.165, 1.54) is 20.9 Å². The summed E-state index contributed by atoms with van der Waals surface area (Å²) in [5.41, 5.74) is 11.1. The molecule has 5 heterocycles. The Morgan fingerprint density at radius 3 is 2.56 bits per heavy atom. The number of hydrogen-bond donors (Lipinski definition) is 2. The van der Waals surface area contributed by atoms with Gasteiger partial charge in [0.25, 0.3) is 5.91 Å². The molecule has 2 N–H and O–H groups in total. The van der Waals surface area contributed by atoms with Crippen molar-refractivity contribution in [3.63, 3.8) is 0 Å². The number of nitrogens with zero attached hydrogens (tertiary/aromatic N) is 5. The Morgan fingerprint density at radius 1 is 1.09 bits per heavy atom. The number of nitrogens with one attached hydrogen (secondary N) is 2. The Balaban J connectivity index is 1.29. The van der Waals surface area contributed by atoms with Crippen molar-refractivity contribution in [2.75, 3.05) is 33.9 Å². The Bertz CT molecular complexity index is 2560. The van der Waals surface area contributed by atoms with Crippen LogP contribution in [-0.2, 0) is 52.8 Å². The van der Waals surface area contributed by atoms with Crippen LogP contribution in [0.15, 0.2) is 85.2 Å². The molecule has 3 aliphatic heterocycles. The van der Waals surface area contributed by atoms with E-state index in [4.69, 9.17) is 14.5 Å². The van der Waals surface area contributed by atoms with Crippen LogP contribution in [0.4, 0.5) is 0 Å². The normalized spacial score (nSPS) is 20.9. The second kappa shape index (κ2) is 19.8. The summed E-state index contributed by atoms with van der Waals surface area (Å²) in [7, 11) is 3.28. The van der Waals surface area contributed by atoms with Crippen molar-refractivity contribution in [3.8, 4) is 22.4 Å². The van der Waals surface area contributed by atoms with E-state index in [1.54, 1.807) is 33.5 Å². The molecule has 1 unspecified atom stereocenters. The highest BCUT2D eigenvalue weighted by Gasteiger charge is 2.40. The van der Waals surface area contributed by atoms with Crippen molar-refractivity contribution < 1.29 is 33.4 Å². The van der Waals surface area contributed by atoms with E-state index >= 15 is 0 Å². The molecule has 0 radical (unpaired) electrons. The van der Waals surface area contributed by atoms with Gasteiger partial charge >= 0.3 is 5.97 Å². The average Bonchev–Trinajstić information content (AvgIpc) is 3.85. The highest BCUT2D eigenvalue weighted by molar-refractivity contribution is 5.96. The maximum atomic E-state index is 14.7. The first kappa shape index (κ1) is 47.8. The molecule has 0 aliphatic carbocycles. The molecule has 14 nitrogen and oxygen atoms in total. The van der Waals surface area contributed by atoms with Crippen molar-refractivity contribution in [2.24, 2.45) is 17.3 Å². The number of cyclic esters (lactones) is 1. The first-order valence-corrected chi connectivity index (χ1v) is 23.1. The molecule has 1 saturated heterocycles. The Labute approximate surface area is 388 Å². The van der Waals surface area contributed by atoms with Crippen molar-refractivity contribution >= 4 is 40.5 Å². The number of ether oxygens (including phenoxy) is 2. The van der Waals surface area contributed by atoms with Crippen LogP contribution in [0.25, 0.3) is 33.3 Å². The summed E-state index contributed by atoms with van der Waals surface area (Å²) in [6.45, 7) is 18.7. The molecule has 0 saturated carbocycles. The number of carbonyl (C=O) groups is 5. The number of rotatable bonds is 10. The van der Waals surface area contributed by atoms with E-state index in [-0.39, 0.29) is 43.4 Å². The van der Waals surface area contributed by atoms with Crippen LogP contribution < -0.4 is 10.7 Å². The molecule has 4 aromatic rings. The van der Waals surface area contributed by atoms with Crippen molar-refractivity contribution in [3.05, 3.63) is 102 Å². The van der Waals surface area contributed by atoms with Gasteiger partial charge in [-0.1, -0.05) is 64.6 Å². The number of esters is 1. The first-order valence-electron chi connectivity index (χ1n) is 23.1. The molecule has 14 heteroatoms. The molecule has 6 bridgehead atoms. The predicted molar refractivity (Wildman–Crippen MR) is 254 cm³/mol. The van der Waals surface area contributed by atoms with E-state index < -0.39 is 47.2 Å². The maximum Gasteiger partial charge on any atom is 0.324 e. The van der Waals surface area contributed by atoms with Crippen LogP contribution in [0, 0.1) is 17.3 Å². The lowest BCUT2D eigenvalue weighted by molar-refractivity contribution is -0.155. The van der Waals surface area contributed by atoms with E-state index in [0.717, 1.165) is 50.1 Å². The number of methoxy groups -OCH3 is 1. The molecule has 7 rings (SSSR count). The summed E-state index contributed by atoms with van der Waals surface area (Å²) in [5, 5.41) is 5.56. The molecule has 5 atom stereocenters. The van der Waals surface area contributed by atoms with Gasteiger partial charge in [-0.15, -0.1) is 0 Å². The molecule has 2 aromatic heterocycles. The Morgan fingerprint density at radius 2 is 1.85 bits per heavy atom. The highest BCUT2D eigenvalue weighted by atomic mass is 16.5. The smallest absolute Gasteiger partial charge is 0.324 e. The Kier molecular flexibility index (Phi) is 14.3. The van der Waals surface area contributed by atoms with Gasteiger partial charge in [0.1, 0.15) is 18.1 Å². The molecule has 0 spiro atoms. The molecule has 4 amide bonds. The topological polar surface area (TPSA) is 155 Å². The number of pyridine rings is 1. The van der Waals surface area contributed by atoms with Gasteiger partial charge in [-0.25, -0.2) is 5.43 Å². The first-order chi connectivity index (χ1) is 31.5. The largest absolute Gasteiger partial charge is 0.464 e. The fourth-order valence-corrected chi connectivity index (χ4v) is 9.82. The minimum Gasteiger partial charge on any atom is -0.464 e. The summed E-state index contributed by atoms with van der Waals surface area (Å²) in [5.74, 6) is -2.95. The zero-order valence-electron chi connectivity index (χ0n) is 39.9. The minimum absolute atomic E-state index is 0.132. The molecule has 66 heavy (non-hydrogen) atoms. The van der Waals surface area contributed by atoms with Gasteiger partial charge in [-0.3, -0.25) is 34.0 Å². The van der Waals surface area contributed by atoms with E-state index in [9.17, 15) is 24.0 Å². The number of fused-ring (bicyclic) bond motifs is 6. The second-order valence-corrected chi connectivity index (χ2v) is 19.1. The lowest BCUT2D eigenvalue weighted by Gasteiger charge is -2.37. The van der Waals surface area contributed by atoms with Gasteiger partial charge < -0.3 is 29.2 Å². The number of aryl methyl sites for hydroxylation is 1. The minimum atomic E-state index is -1.06. The number of benzene rings is 2. The number of likely N-dealkylation sites (N-methyl/N-ethyl adjacent to an activating group) is 1. The van der Waals surface area contributed by atoms with Gasteiger partial charge in [0.15, 0.2) is 0 Å². The predicted octanol–water partition coefficient (Wildman–Crippen LogP) is 6.78. The number of carbonyl (C=O) groups excluding carboxylic acids is 5. The number of amides is 4. The average molecular weight is 900 g/mol. The lowest BCUT2D eigenvalue weighted by Crippen LogP contribution is -2.62. The van der Waals surface area contributed by atoms with Crippen LogP contribution in [0.2, 0.25) is 0 Å². The van der Waals surface area contributed by atoms with Gasteiger partial charge in [0, 0.05) is 74.5 Å². The monoisotopic (exact) mass is 899 g/mol. The molecule has 3 aliphatic rings. The second-order valence-electron chi connectivity index (χ2n) is 19.1. The van der Waals surface area contributed by atoms with Gasteiger partial charge in [0.2, 0.25) is 17.7 Å². The van der Waals surface area contributed by atoms with E-state index in [1.807, 2.05) is 45.0 Å². The highest BCUT2D eigenvalue weighted by Crippen LogP contribution is 2.42. The van der Waals surface area contributed by atoms with Crippen LogP contribution in [0.3, 0.4) is 0 Å². The van der Waals surface area contributed by atoms with Crippen LogP contribution in [0.1, 0.15) is 84.2 Å². The van der Waals surface area contributed by atoms with Gasteiger partial charge in [-0.2, -0.15) is 0 Å². The number of aromatic nitrogens is 2. The van der Waals surface area contributed by atoms with E-state index in [2.05, 4.69) is 73.0 Å². The molecule has 1 fully saturated rings. The Hall–Kier alpha value is -6.12. The zero-order chi connectivity index (χ0) is 47.6. The third kappa shape index (κ3) is 9.71. The van der Waals surface area contributed by atoms with E-state index in [0.29, 0.717) is 37.9 Å². The van der Waals surface area contributed by atoms with Crippen LogP contribution >= 0.6 is 0 Å². The van der Waals surface area contributed by atoms with Gasteiger partial charge in [-0.05, 0) is 104 Å². The fraction of sp³-hybridized carbons (Fsp3) is 0.462. The quantitative estimate of drug-likeness (QED) is 0.130. The number of hydrazine groups is 1. The zero-order valence-corrected chi connectivity index (χ0v) is 39.9. The molecule has 350 valence electrons. The molecular formula is C52H65N7O7. The van der Waals surface area contributed by atoms with Gasteiger partial charge in [0.05, 0.1) is 30.0 Å². The molecule has 2 aromatic carbocycles. The van der Waals surface area contributed by atoms with Crippen molar-refractivity contribution in [1.29, 1.82) is 0 Å².